The van der Waals surface area contributed by atoms with Crippen molar-refractivity contribution in [2.45, 2.75) is 18.8 Å². The van der Waals surface area contributed by atoms with Crippen molar-refractivity contribution in [3.05, 3.63) is 101 Å². The normalized spacial score (nSPS) is 15.6. The highest BCUT2D eigenvalue weighted by Crippen LogP contribution is 2.39. The van der Waals surface area contributed by atoms with Crippen LogP contribution in [0.2, 0.25) is 0 Å². The van der Waals surface area contributed by atoms with Crippen LogP contribution in [0, 0.1) is 6.92 Å². The monoisotopic (exact) mass is 446 g/mol. The minimum atomic E-state index is -0.139. The van der Waals surface area contributed by atoms with Crippen LogP contribution in [0.3, 0.4) is 0 Å². The number of hydrogen-bond donors (Lipinski definition) is 1. The largest absolute Gasteiger partial charge is 0.492 e. The van der Waals surface area contributed by atoms with Crippen molar-refractivity contribution >= 4 is 23.6 Å². The van der Waals surface area contributed by atoms with E-state index in [-0.39, 0.29) is 17.2 Å². The smallest absolute Gasteiger partial charge is 0.251 e. The molecular weight excluding hydrogens is 420 g/mol. The van der Waals surface area contributed by atoms with E-state index in [1.165, 1.54) is 5.56 Å². The lowest BCUT2D eigenvalue weighted by molar-refractivity contribution is -0.128. The summed E-state index contributed by atoms with van der Waals surface area (Å²) in [6.07, 6.45) is 0. The molecule has 1 aliphatic rings. The Bertz CT molecular complexity index is 1050. The number of aryl methyl sites for hydroxylation is 1. The lowest BCUT2D eigenvalue weighted by Crippen LogP contribution is -2.28. The fourth-order valence-corrected chi connectivity index (χ4v) is 4.74. The van der Waals surface area contributed by atoms with E-state index >= 15 is 0 Å². The zero-order valence-electron chi connectivity index (χ0n) is 18.0. The number of nitrogens with zero attached hydrogens (tertiary/aromatic N) is 1. The topological polar surface area (TPSA) is 58.6 Å². The highest BCUT2D eigenvalue weighted by molar-refractivity contribution is 8.00. The summed E-state index contributed by atoms with van der Waals surface area (Å²) in [7, 11) is 0. The number of hydrogen-bond acceptors (Lipinski definition) is 4. The Balaban J connectivity index is 1.31. The molecule has 3 aromatic carbocycles. The van der Waals surface area contributed by atoms with Crippen LogP contribution in [-0.4, -0.2) is 35.6 Å². The van der Waals surface area contributed by atoms with Gasteiger partial charge >= 0.3 is 0 Å². The number of carbonyl (C=O) groups is 2. The van der Waals surface area contributed by atoms with Crippen LogP contribution in [0.5, 0.6) is 5.75 Å². The molecule has 2 amide bonds. The average molecular weight is 447 g/mol. The van der Waals surface area contributed by atoms with Crippen LogP contribution in [0.4, 0.5) is 0 Å². The van der Waals surface area contributed by atoms with Gasteiger partial charge in [-0.2, -0.15) is 0 Å². The van der Waals surface area contributed by atoms with Gasteiger partial charge in [-0.25, -0.2) is 0 Å². The third kappa shape index (κ3) is 5.51. The summed E-state index contributed by atoms with van der Waals surface area (Å²) in [5.41, 5.74) is 3.90. The van der Waals surface area contributed by atoms with Gasteiger partial charge in [0.05, 0.1) is 12.3 Å². The maximum atomic E-state index is 12.5. The second-order valence-electron chi connectivity index (χ2n) is 7.71. The van der Waals surface area contributed by atoms with E-state index in [1.807, 2.05) is 90.7 Å². The summed E-state index contributed by atoms with van der Waals surface area (Å²) in [5, 5.41) is 2.85. The van der Waals surface area contributed by atoms with Crippen LogP contribution < -0.4 is 10.1 Å². The molecule has 164 valence electrons. The summed E-state index contributed by atoms with van der Waals surface area (Å²) in [6, 6.07) is 25.3. The molecule has 1 atom stereocenters. The summed E-state index contributed by atoms with van der Waals surface area (Å²) >= 11 is 1.62. The van der Waals surface area contributed by atoms with E-state index in [4.69, 9.17) is 4.74 Å². The maximum absolute atomic E-state index is 12.5. The molecule has 0 radical (unpaired) electrons. The second kappa shape index (κ2) is 10.4. The summed E-state index contributed by atoms with van der Waals surface area (Å²) < 4.78 is 5.65. The number of nitrogens with one attached hydrogen (secondary N) is 1. The molecule has 5 nitrogen and oxygen atoms in total. The molecule has 0 aliphatic carbocycles. The molecule has 3 aromatic rings. The van der Waals surface area contributed by atoms with Gasteiger partial charge in [0, 0.05) is 12.1 Å². The van der Waals surface area contributed by atoms with Crippen molar-refractivity contribution in [1.29, 1.82) is 0 Å². The quantitative estimate of drug-likeness (QED) is 0.515. The highest BCUT2D eigenvalue weighted by Gasteiger charge is 2.32. The minimum absolute atomic E-state index is 0.0391. The summed E-state index contributed by atoms with van der Waals surface area (Å²) in [4.78, 5) is 26.8. The van der Waals surface area contributed by atoms with Crippen LogP contribution in [0.25, 0.3) is 0 Å². The van der Waals surface area contributed by atoms with Crippen molar-refractivity contribution in [2.75, 3.05) is 18.9 Å². The van der Waals surface area contributed by atoms with Gasteiger partial charge in [-0.3, -0.25) is 9.59 Å². The number of benzene rings is 3. The Kier molecular flexibility index (Phi) is 7.12. The van der Waals surface area contributed by atoms with Gasteiger partial charge in [0.15, 0.2) is 0 Å². The molecule has 0 aromatic heterocycles. The van der Waals surface area contributed by atoms with Gasteiger partial charge in [0.25, 0.3) is 5.91 Å². The number of amides is 2. The highest BCUT2D eigenvalue weighted by atomic mass is 32.2. The van der Waals surface area contributed by atoms with Crippen molar-refractivity contribution in [2.24, 2.45) is 0 Å². The molecule has 0 spiro atoms. The average Bonchev–Trinajstić information content (AvgIpc) is 3.18. The molecule has 32 heavy (non-hydrogen) atoms. The summed E-state index contributed by atoms with van der Waals surface area (Å²) in [5.74, 6) is 1.26. The maximum Gasteiger partial charge on any atom is 0.251 e. The molecule has 0 bridgehead atoms. The Hall–Kier alpha value is -3.25. The number of thioether (sulfide) groups is 1. The SMILES string of the molecule is Cc1ccc(OCCNC(=O)c2ccc(C3SCC(=O)N3Cc3ccccc3)cc2)cc1. The Morgan fingerprint density at radius 2 is 1.75 bits per heavy atom. The van der Waals surface area contributed by atoms with Gasteiger partial charge < -0.3 is 15.0 Å². The fourth-order valence-electron chi connectivity index (χ4n) is 3.55. The van der Waals surface area contributed by atoms with Crippen LogP contribution >= 0.6 is 11.8 Å². The van der Waals surface area contributed by atoms with E-state index in [9.17, 15) is 9.59 Å². The molecule has 1 unspecified atom stereocenters. The van der Waals surface area contributed by atoms with Gasteiger partial charge in [-0.05, 0) is 42.3 Å². The molecule has 1 aliphatic heterocycles. The van der Waals surface area contributed by atoms with Crippen molar-refractivity contribution in [3.8, 4) is 5.75 Å². The Morgan fingerprint density at radius 1 is 1.03 bits per heavy atom. The van der Waals surface area contributed by atoms with E-state index in [2.05, 4.69) is 5.32 Å². The molecule has 0 saturated carbocycles. The van der Waals surface area contributed by atoms with E-state index < -0.39 is 0 Å². The van der Waals surface area contributed by atoms with Gasteiger partial charge in [-0.1, -0.05) is 60.2 Å². The van der Waals surface area contributed by atoms with Crippen LogP contribution in [0.15, 0.2) is 78.9 Å². The van der Waals surface area contributed by atoms with E-state index in [1.54, 1.807) is 11.8 Å². The summed E-state index contributed by atoms with van der Waals surface area (Å²) in [6.45, 7) is 3.44. The molecule has 1 N–H and O–H groups in total. The third-order valence-electron chi connectivity index (χ3n) is 5.30. The zero-order valence-corrected chi connectivity index (χ0v) is 18.8. The molecule has 6 heteroatoms. The first-order valence-electron chi connectivity index (χ1n) is 10.6. The lowest BCUT2D eigenvalue weighted by atomic mass is 10.1. The predicted molar refractivity (Wildman–Crippen MR) is 128 cm³/mol. The predicted octanol–water partition coefficient (Wildman–Crippen LogP) is 4.58. The second-order valence-corrected chi connectivity index (χ2v) is 8.78. The van der Waals surface area contributed by atoms with Crippen molar-refractivity contribution < 1.29 is 14.3 Å². The molecule has 1 heterocycles. The Labute approximate surface area is 192 Å². The number of rotatable bonds is 8. The first kappa shape index (κ1) is 22.0. The number of carbonyl (C=O) groups excluding carboxylic acids is 2. The fraction of sp³-hybridized carbons (Fsp3) is 0.231. The van der Waals surface area contributed by atoms with Crippen LogP contribution in [-0.2, 0) is 11.3 Å². The third-order valence-corrected chi connectivity index (χ3v) is 6.56. The first-order chi connectivity index (χ1) is 15.6. The standard InChI is InChI=1S/C26H26N2O3S/c1-19-7-13-23(14-8-19)31-16-15-27-25(30)21-9-11-22(12-10-21)26-28(24(29)18-32-26)17-20-5-3-2-4-6-20/h2-14,26H,15-18H2,1H3,(H,27,30). The molecule has 1 fully saturated rings. The van der Waals surface area contributed by atoms with Crippen molar-refractivity contribution in [3.63, 3.8) is 0 Å². The zero-order chi connectivity index (χ0) is 22.3. The molecular formula is C26H26N2O3S. The van der Waals surface area contributed by atoms with Gasteiger partial charge in [0.2, 0.25) is 5.91 Å². The first-order valence-corrected chi connectivity index (χ1v) is 11.7. The van der Waals surface area contributed by atoms with Gasteiger partial charge in [0.1, 0.15) is 17.7 Å². The van der Waals surface area contributed by atoms with Crippen LogP contribution in [0.1, 0.15) is 32.4 Å². The molecule has 1 saturated heterocycles. The van der Waals surface area contributed by atoms with E-state index in [0.717, 1.165) is 16.9 Å². The molecule has 4 rings (SSSR count). The minimum Gasteiger partial charge on any atom is -0.492 e. The van der Waals surface area contributed by atoms with E-state index in [0.29, 0.717) is 31.0 Å². The Morgan fingerprint density at radius 3 is 2.47 bits per heavy atom. The lowest BCUT2D eigenvalue weighted by Gasteiger charge is -2.24. The van der Waals surface area contributed by atoms with Gasteiger partial charge in [-0.15, -0.1) is 11.8 Å². The van der Waals surface area contributed by atoms with Crippen molar-refractivity contribution in [1.82, 2.24) is 10.2 Å². The number of ether oxygens (including phenoxy) is 1.